The van der Waals surface area contributed by atoms with Crippen molar-refractivity contribution in [3.8, 4) is 11.5 Å². The van der Waals surface area contributed by atoms with Gasteiger partial charge in [0.1, 0.15) is 17.3 Å². The lowest BCUT2D eigenvalue weighted by molar-refractivity contribution is -0.139. The molecule has 0 aliphatic carbocycles. The number of rotatable bonds is 6. The van der Waals surface area contributed by atoms with Crippen LogP contribution in [0.1, 0.15) is 22.7 Å². The number of benzene rings is 3. The lowest BCUT2D eigenvalue weighted by Crippen LogP contribution is -2.31. The number of carbonyl (C=O) groups excluding carboxylic acids is 2. The van der Waals surface area contributed by atoms with E-state index in [-0.39, 0.29) is 39.2 Å². The number of phenolic OH excluding ortho intramolecular Hbond substituents is 1. The van der Waals surface area contributed by atoms with Crippen molar-refractivity contribution in [1.29, 1.82) is 0 Å². The minimum Gasteiger partial charge on any atom is -0.508 e. The molecule has 1 heterocycles. The molecular formula is C26H20Cl3NO5. The van der Waals surface area contributed by atoms with Crippen LogP contribution in [0.25, 0.3) is 5.76 Å². The molecule has 1 amide bonds. The lowest BCUT2D eigenvalue weighted by atomic mass is 9.94. The number of likely N-dealkylation sites (tertiary alicyclic amines) is 1. The monoisotopic (exact) mass is 531 g/mol. The van der Waals surface area contributed by atoms with Crippen molar-refractivity contribution in [2.45, 2.75) is 12.5 Å². The summed E-state index contributed by atoms with van der Waals surface area (Å²) in [5.41, 5.74) is 1.28. The van der Waals surface area contributed by atoms with E-state index in [9.17, 15) is 19.8 Å². The molecule has 6 nitrogen and oxygen atoms in total. The third-order valence-electron chi connectivity index (χ3n) is 5.75. The zero-order valence-electron chi connectivity index (χ0n) is 18.5. The molecule has 1 atom stereocenters. The van der Waals surface area contributed by atoms with Crippen molar-refractivity contribution >= 4 is 52.3 Å². The van der Waals surface area contributed by atoms with Gasteiger partial charge in [-0.2, -0.15) is 0 Å². The quantitative estimate of drug-likeness (QED) is 0.230. The Morgan fingerprint density at radius 2 is 1.71 bits per heavy atom. The number of aliphatic hydroxyl groups is 1. The van der Waals surface area contributed by atoms with Gasteiger partial charge in [0.05, 0.1) is 29.3 Å². The number of methoxy groups -OCH3 is 1. The minimum absolute atomic E-state index is 0.0471. The van der Waals surface area contributed by atoms with Crippen LogP contribution >= 0.6 is 34.8 Å². The third-order valence-corrected chi connectivity index (χ3v) is 6.50. The highest BCUT2D eigenvalue weighted by Crippen LogP contribution is 2.43. The number of amides is 1. The zero-order valence-corrected chi connectivity index (χ0v) is 20.7. The second-order valence-corrected chi connectivity index (χ2v) is 9.21. The van der Waals surface area contributed by atoms with Gasteiger partial charge in [0.2, 0.25) is 0 Å². The molecule has 1 aliphatic rings. The van der Waals surface area contributed by atoms with E-state index >= 15 is 0 Å². The predicted molar refractivity (Wildman–Crippen MR) is 135 cm³/mol. The molecule has 180 valence electrons. The highest BCUT2D eigenvalue weighted by molar-refractivity contribution is 6.46. The Balaban J connectivity index is 1.85. The van der Waals surface area contributed by atoms with E-state index in [1.54, 1.807) is 24.3 Å². The molecule has 1 fully saturated rings. The normalized spacial score (nSPS) is 17.1. The van der Waals surface area contributed by atoms with Gasteiger partial charge in [0.15, 0.2) is 0 Å². The van der Waals surface area contributed by atoms with Crippen LogP contribution in [0.5, 0.6) is 11.5 Å². The van der Waals surface area contributed by atoms with E-state index in [2.05, 4.69) is 0 Å². The molecule has 0 saturated carbocycles. The molecule has 35 heavy (non-hydrogen) atoms. The Kier molecular flexibility index (Phi) is 7.26. The van der Waals surface area contributed by atoms with Crippen molar-refractivity contribution in [3.05, 3.63) is 98.0 Å². The molecule has 0 bridgehead atoms. The highest BCUT2D eigenvalue weighted by Gasteiger charge is 2.46. The molecule has 3 aromatic rings. The summed E-state index contributed by atoms with van der Waals surface area (Å²) in [5.74, 6) is -2.07. The third kappa shape index (κ3) is 4.96. The number of carbonyl (C=O) groups is 2. The molecule has 0 spiro atoms. The molecule has 0 aromatic heterocycles. The fourth-order valence-corrected chi connectivity index (χ4v) is 4.84. The summed E-state index contributed by atoms with van der Waals surface area (Å²) in [6, 6.07) is 15.2. The first-order valence-corrected chi connectivity index (χ1v) is 11.7. The average Bonchev–Trinajstić information content (AvgIpc) is 3.07. The molecule has 1 unspecified atom stereocenters. The Morgan fingerprint density at radius 1 is 1.00 bits per heavy atom. The smallest absolute Gasteiger partial charge is 0.295 e. The lowest BCUT2D eigenvalue weighted by Gasteiger charge is -2.25. The summed E-state index contributed by atoms with van der Waals surface area (Å²) < 4.78 is 5.33. The van der Waals surface area contributed by atoms with Gasteiger partial charge in [-0.25, -0.2) is 0 Å². The van der Waals surface area contributed by atoms with Crippen molar-refractivity contribution in [2.24, 2.45) is 0 Å². The number of Topliss-reactive ketones (excluding diaryl/α,β-unsaturated/α-hetero) is 1. The number of phenols is 1. The van der Waals surface area contributed by atoms with Crippen LogP contribution < -0.4 is 4.74 Å². The first-order chi connectivity index (χ1) is 16.7. The molecule has 2 N–H and O–H groups in total. The fourth-order valence-electron chi connectivity index (χ4n) is 4.14. The SMILES string of the molecule is COc1c(Cl)cc(Cl)cc1/C(O)=C1\C(=O)C(=O)N(CCc2ccc(Cl)cc2)C1c1cccc(O)c1. The number of nitrogens with zero attached hydrogens (tertiary/aromatic N) is 1. The Morgan fingerprint density at radius 3 is 2.37 bits per heavy atom. The fraction of sp³-hybridized carbons (Fsp3) is 0.154. The Labute approximate surface area is 216 Å². The standard InChI is InChI=1S/C26H20Cl3NO5/c1-35-25-19(12-17(28)13-20(25)29)23(32)21-22(15-3-2-4-18(31)11-15)30(26(34)24(21)33)10-9-14-5-7-16(27)8-6-14/h2-8,11-13,22,31-32H,9-10H2,1H3/b23-21+. The van der Waals surface area contributed by atoms with Gasteiger partial charge < -0.3 is 19.8 Å². The first kappa shape index (κ1) is 24.9. The number of hydrogen-bond acceptors (Lipinski definition) is 5. The summed E-state index contributed by atoms with van der Waals surface area (Å²) in [7, 11) is 1.36. The van der Waals surface area contributed by atoms with Gasteiger partial charge >= 0.3 is 0 Å². The maximum Gasteiger partial charge on any atom is 0.295 e. The second kappa shape index (κ2) is 10.2. The zero-order chi connectivity index (χ0) is 25.3. The molecule has 4 rings (SSSR count). The Hall–Kier alpha value is -3.19. The first-order valence-electron chi connectivity index (χ1n) is 10.6. The number of halogens is 3. The maximum absolute atomic E-state index is 13.2. The molecule has 3 aromatic carbocycles. The summed E-state index contributed by atoms with van der Waals surface area (Å²) in [6.07, 6.45) is 0.436. The number of ketones is 1. The average molecular weight is 533 g/mol. The van der Waals surface area contributed by atoms with Gasteiger partial charge in [0.25, 0.3) is 11.7 Å². The van der Waals surface area contributed by atoms with E-state index in [1.807, 2.05) is 12.1 Å². The summed E-state index contributed by atoms with van der Waals surface area (Å²) in [6.45, 7) is 0.177. The number of aliphatic hydroxyl groups excluding tert-OH is 1. The molecular weight excluding hydrogens is 513 g/mol. The largest absolute Gasteiger partial charge is 0.508 e. The number of hydrogen-bond donors (Lipinski definition) is 2. The highest BCUT2D eigenvalue weighted by atomic mass is 35.5. The molecule has 9 heteroatoms. The van der Waals surface area contributed by atoms with Crippen LogP contribution in [0.4, 0.5) is 0 Å². The van der Waals surface area contributed by atoms with Gasteiger partial charge in [-0.05, 0) is 53.9 Å². The van der Waals surface area contributed by atoms with Crippen molar-refractivity contribution in [1.82, 2.24) is 4.90 Å². The molecule has 1 aliphatic heterocycles. The summed E-state index contributed by atoms with van der Waals surface area (Å²) in [4.78, 5) is 27.7. The van der Waals surface area contributed by atoms with Gasteiger partial charge in [-0.3, -0.25) is 9.59 Å². The van der Waals surface area contributed by atoms with Crippen LogP contribution in [0.2, 0.25) is 15.1 Å². The predicted octanol–water partition coefficient (Wildman–Crippen LogP) is 6.03. The van der Waals surface area contributed by atoms with Crippen molar-refractivity contribution in [2.75, 3.05) is 13.7 Å². The van der Waals surface area contributed by atoms with Crippen LogP contribution in [0, 0.1) is 0 Å². The van der Waals surface area contributed by atoms with Crippen molar-refractivity contribution in [3.63, 3.8) is 0 Å². The number of aromatic hydroxyl groups is 1. The summed E-state index contributed by atoms with van der Waals surface area (Å²) >= 11 is 18.3. The van der Waals surface area contributed by atoms with Crippen molar-refractivity contribution < 1.29 is 24.5 Å². The van der Waals surface area contributed by atoms with Gasteiger partial charge in [0, 0.05) is 16.6 Å². The second-order valence-electron chi connectivity index (χ2n) is 7.93. The van der Waals surface area contributed by atoms with E-state index in [1.165, 1.54) is 36.3 Å². The molecule has 1 saturated heterocycles. The van der Waals surface area contributed by atoms with Crippen LogP contribution in [-0.2, 0) is 16.0 Å². The van der Waals surface area contributed by atoms with E-state index in [4.69, 9.17) is 39.5 Å². The van der Waals surface area contributed by atoms with Gasteiger partial charge in [-0.1, -0.05) is 59.1 Å². The minimum atomic E-state index is -0.961. The van der Waals surface area contributed by atoms with Crippen LogP contribution in [-0.4, -0.2) is 40.5 Å². The van der Waals surface area contributed by atoms with E-state index < -0.39 is 23.5 Å². The van der Waals surface area contributed by atoms with Crippen LogP contribution in [0.3, 0.4) is 0 Å². The van der Waals surface area contributed by atoms with Crippen LogP contribution in [0.15, 0.2) is 66.2 Å². The topological polar surface area (TPSA) is 87.1 Å². The Bertz CT molecular complexity index is 1340. The van der Waals surface area contributed by atoms with E-state index in [0.717, 1.165) is 5.56 Å². The molecule has 0 radical (unpaired) electrons. The van der Waals surface area contributed by atoms with E-state index in [0.29, 0.717) is 17.0 Å². The number of ether oxygens (including phenoxy) is 1. The summed E-state index contributed by atoms with van der Waals surface area (Å²) in [5, 5.41) is 22.3. The maximum atomic E-state index is 13.2. The van der Waals surface area contributed by atoms with Gasteiger partial charge in [-0.15, -0.1) is 0 Å².